The van der Waals surface area contributed by atoms with Crippen molar-refractivity contribution >= 4 is 5.69 Å². The van der Waals surface area contributed by atoms with E-state index < -0.39 is 0 Å². The number of fused-ring (bicyclic) bond motifs is 1. The molecule has 4 rings (SSSR count). The monoisotopic (exact) mass is 357 g/mol. The molecule has 1 aromatic carbocycles. The van der Waals surface area contributed by atoms with Gasteiger partial charge in [-0.15, -0.1) is 0 Å². The van der Waals surface area contributed by atoms with E-state index in [0.29, 0.717) is 12.1 Å². The molecule has 2 fully saturated rings. The number of benzene rings is 1. The van der Waals surface area contributed by atoms with Crippen molar-refractivity contribution in [3.05, 3.63) is 29.8 Å². The number of rotatable bonds is 5. The lowest BCUT2D eigenvalue weighted by Crippen LogP contribution is -2.53. The van der Waals surface area contributed by atoms with Crippen LogP contribution in [0.15, 0.2) is 24.3 Å². The van der Waals surface area contributed by atoms with Gasteiger partial charge in [-0.3, -0.25) is 0 Å². The smallest absolute Gasteiger partial charge is 0.0571 e. The van der Waals surface area contributed by atoms with Crippen LogP contribution in [-0.2, 0) is 11.3 Å². The number of hydrazine groups is 1. The minimum Gasteiger partial charge on any atom is -0.381 e. The van der Waals surface area contributed by atoms with Gasteiger partial charge >= 0.3 is 0 Å². The molecule has 4 heteroatoms. The second-order valence-corrected chi connectivity index (χ2v) is 8.61. The highest BCUT2D eigenvalue weighted by molar-refractivity contribution is 5.57. The molecule has 3 aliphatic rings. The number of ether oxygens (including phenoxy) is 1. The van der Waals surface area contributed by atoms with E-state index in [4.69, 9.17) is 4.74 Å². The van der Waals surface area contributed by atoms with Gasteiger partial charge in [-0.05, 0) is 82.5 Å². The molecule has 0 amide bonds. The van der Waals surface area contributed by atoms with Crippen molar-refractivity contribution < 1.29 is 4.74 Å². The number of hydrogen-bond donors (Lipinski definition) is 1. The van der Waals surface area contributed by atoms with E-state index in [1.807, 2.05) is 0 Å². The van der Waals surface area contributed by atoms with Crippen molar-refractivity contribution in [3.63, 3.8) is 0 Å². The van der Waals surface area contributed by atoms with Gasteiger partial charge in [-0.2, -0.15) is 0 Å². The summed E-state index contributed by atoms with van der Waals surface area (Å²) in [5.74, 6) is 1.59. The Morgan fingerprint density at radius 1 is 1.08 bits per heavy atom. The fraction of sp³-hybridized carbons (Fsp3) is 0.727. The van der Waals surface area contributed by atoms with Crippen molar-refractivity contribution in [1.82, 2.24) is 10.3 Å². The van der Waals surface area contributed by atoms with Crippen LogP contribution in [0.5, 0.6) is 0 Å². The van der Waals surface area contributed by atoms with Crippen molar-refractivity contribution in [2.75, 3.05) is 31.3 Å². The van der Waals surface area contributed by atoms with Gasteiger partial charge < -0.3 is 15.1 Å². The molecule has 3 heterocycles. The zero-order chi connectivity index (χ0) is 17.9. The van der Waals surface area contributed by atoms with Crippen molar-refractivity contribution in [2.45, 2.75) is 64.6 Å². The third-order valence-corrected chi connectivity index (χ3v) is 6.60. The summed E-state index contributed by atoms with van der Waals surface area (Å²) >= 11 is 0. The summed E-state index contributed by atoms with van der Waals surface area (Å²) in [6, 6.07) is 10.2. The van der Waals surface area contributed by atoms with Gasteiger partial charge in [-0.25, -0.2) is 5.01 Å². The number of hydrogen-bond acceptors (Lipinski definition) is 4. The fourth-order valence-electron chi connectivity index (χ4n) is 5.10. The molecule has 0 saturated carbocycles. The minimum absolute atomic E-state index is 0.529. The second kappa shape index (κ2) is 8.28. The number of anilines is 1. The summed E-state index contributed by atoms with van der Waals surface area (Å²) < 4.78 is 5.63. The highest BCUT2D eigenvalue weighted by Crippen LogP contribution is 2.40. The van der Waals surface area contributed by atoms with Gasteiger partial charge in [0.1, 0.15) is 0 Å². The first-order chi connectivity index (χ1) is 12.7. The quantitative estimate of drug-likeness (QED) is 0.867. The van der Waals surface area contributed by atoms with Crippen LogP contribution in [0.25, 0.3) is 0 Å². The summed E-state index contributed by atoms with van der Waals surface area (Å²) in [5.41, 5.74) is 2.95. The Morgan fingerprint density at radius 3 is 2.54 bits per heavy atom. The van der Waals surface area contributed by atoms with Gasteiger partial charge in [0.05, 0.1) is 5.69 Å². The molecule has 3 aliphatic heterocycles. The Balaban J connectivity index is 1.63. The largest absolute Gasteiger partial charge is 0.381 e. The van der Waals surface area contributed by atoms with Crippen LogP contribution < -0.4 is 10.3 Å². The van der Waals surface area contributed by atoms with Crippen LogP contribution in [-0.4, -0.2) is 43.4 Å². The van der Waals surface area contributed by atoms with E-state index in [9.17, 15) is 0 Å². The van der Waals surface area contributed by atoms with Crippen LogP contribution in [0.3, 0.4) is 0 Å². The molecule has 26 heavy (non-hydrogen) atoms. The first kappa shape index (κ1) is 18.3. The molecule has 1 aromatic rings. The Labute approximate surface area is 158 Å². The van der Waals surface area contributed by atoms with Crippen LogP contribution in [0.1, 0.15) is 51.5 Å². The van der Waals surface area contributed by atoms with Gasteiger partial charge in [0, 0.05) is 31.8 Å². The van der Waals surface area contributed by atoms with Gasteiger partial charge in [-0.1, -0.05) is 18.2 Å². The van der Waals surface area contributed by atoms with Crippen LogP contribution in [0, 0.1) is 11.8 Å². The molecule has 0 bridgehead atoms. The van der Waals surface area contributed by atoms with Crippen molar-refractivity contribution in [2.24, 2.45) is 11.8 Å². The first-order valence-electron chi connectivity index (χ1n) is 10.7. The second-order valence-electron chi connectivity index (χ2n) is 8.61. The summed E-state index contributed by atoms with van der Waals surface area (Å²) in [4.78, 5) is 0. The molecule has 0 spiro atoms. The van der Waals surface area contributed by atoms with Crippen LogP contribution >= 0.6 is 0 Å². The van der Waals surface area contributed by atoms with E-state index in [0.717, 1.165) is 31.6 Å². The lowest BCUT2D eigenvalue weighted by molar-refractivity contribution is 0.0527. The zero-order valence-electron chi connectivity index (χ0n) is 16.5. The third-order valence-electron chi connectivity index (χ3n) is 6.60. The van der Waals surface area contributed by atoms with Crippen LogP contribution in [0.4, 0.5) is 5.69 Å². The molecular weight excluding hydrogens is 322 g/mol. The molecular formula is C22H35N3O. The summed E-state index contributed by atoms with van der Waals surface area (Å²) in [6.07, 6.45) is 6.39. The molecule has 0 aromatic heterocycles. The minimum atomic E-state index is 0.529. The predicted octanol–water partition coefficient (Wildman–Crippen LogP) is 3.82. The first-order valence-corrected chi connectivity index (χ1v) is 10.7. The molecule has 1 N–H and O–H groups in total. The van der Waals surface area contributed by atoms with Gasteiger partial charge in [0.2, 0.25) is 0 Å². The van der Waals surface area contributed by atoms with E-state index in [-0.39, 0.29) is 0 Å². The molecule has 1 unspecified atom stereocenters. The van der Waals surface area contributed by atoms with E-state index in [2.05, 4.69) is 53.4 Å². The lowest BCUT2D eigenvalue weighted by atomic mass is 9.82. The molecule has 1 atom stereocenters. The van der Waals surface area contributed by atoms with E-state index in [1.54, 1.807) is 0 Å². The van der Waals surface area contributed by atoms with Crippen molar-refractivity contribution in [3.8, 4) is 0 Å². The Hall–Kier alpha value is -1.10. The SMILES string of the molecule is CC(C)N1Cc2ccccc2N1C(CC1CCOCC1)C1CCNCC1. The topological polar surface area (TPSA) is 27.7 Å². The average molecular weight is 358 g/mol. The third kappa shape index (κ3) is 3.78. The Bertz CT molecular complexity index is 579. The Morgan fingerprint density at radius 2 is 1.81 bits per heavy atom. The summed E-state index contributed by atoms with van der Waals surface area (Å²) in [7, 11) is 0. The maximum atomic E-state index is 5.63. The van der Waals surface area contributed by atoms with Crippen LogP contribution in [0.2, 0.25) is 0 Å². The van der Waals surface area contributed by atoms with Gasteiger partial charge in [0.25, 0.3) is 0 Å². The maximum absolute atomic E-state index is 5.63. The fourth-order valence-corrected chi connectivity index (χ4v) is 5.10. The molecule has 144 valence electrons. The molecule has 2 saturated heterocycles. The number of para-hydroxylation sites is 1. The maximum Gasteiger partial charge on any atom is 0.0571 e. The average Bonchev–Trinajstić information content (AvgIpc) is 3.07. The predicted molar refractivity (Wildman–Crippen MR) is 107 cm³/mol. The lowest BCUT2D eigenvalue weighted by Gasteiger charge is -2.45. The highest BCUT2D eigenvalue weighted by Gasteiger charge is 2.39. The standard InChI is InChI=1S/C22H35N3O/c1-17(2)24-16-20-5-3-4-6-21(20)25(24)22(19-7-11-23-12-8-19)15-18-9-13-26-14-10-18/h3-6,17-19,22-23H,7-16H2,1-2H3. The highest BCUT2D eigenvalue weighted by atomic mass is 16.5. The number of piperidine rings is 1. The molecule has 0 aliphatic carbocycles. The zero-order valence-corrected chi connectivity index (χ0v) is 16.5. The van der Waals surface area contributed by atoms with E-state index in [1.165, 1.54) is 56.4 Å². The summed E-state index contributed by atoms with van der Waals surface area (Å²) in [6.45, 7) is 9.99. The summed E-state index contributed by atoms with van der Waals surface area (Å²) in [5, 5.41) is 8.90. The van der Waals surface area contributed by atoms with Gasteiger partial charge in [0.15, 0.2) is 0 Å². The number of nitrogens with zero attached hydrogens (tertiary/aromatic N) is 2. The normalized spacial score (nSPS) is 24.2. The number of nitrogens with one attached hydrogen (secondary N) is 1. The van der Waals surface area contributed by atoms with E-state index >= 15 is 0 Å². The molecule has 4 nitrogen and oxygen atoms in total. The Kier molecular flexibility index (Phi) is 5.82. The van der Waals surface area contributed by atoms with Crippen molar-refractivity contribution in [1.29, 1.82) is 0 Å². The molecule has 0 radical (unpaired) electrons.